The predicted octanol–water partition coefficient (Wildman–Crippen LogP) is 5.39. The van der Waals surface area contributed by atoms with Gasteiger partial charge in [0, 0.05) is 57.0 Å². The van der Waals surface area contributed by atoms with Crippen molar-refractivity contribution in [3.05, 3.63) is 57.4 Å². The second-order valence-corrected chi connectivity index (χ2v) is 10.9. The number of hydrogen-bond donors (Lipinski definition) is 2. The number of phenolic OH excluding ortho intramolecular Hbond substituents is 1. The normalized spacial score (nSPS) is 15.4. The molecule has 4 nitrogen and oxygen atoms in total. The Morgan fingerprint density at radius 1 is 0.935 bits per heavy atom. The summed E-state index contributed by atoms with van der Waals surface area (Å²) < 4.78 is 0.898. The summed E-state index contributed by atoms with van der Waals surface area (Å²) in [7, 11) is 3.36. The minimum absolute atomic E-state index is 0.250. The molecule has 4 rings (SSSR count). The smallest absolute Gasteiger partial charge is 0.120 e. The van der Waals surface area contributed by atoms with Gasteiger partial charge in [-0.3, -0.25) is 4.90 Å². The Morgan fingerprint density at radius 2 is 1.61 bits per heavy atom. The molecule has 0 amide bonds. The molecule has 1 saturated heterocycles. The first-order valence-corrected chi connectivity index (χ1v) is 13.2. The Morgan fingerprint density at radius 3 is 2.32 bits per heavy atom. The number of aliphatic hydroxyl groups is 1. The van der Waals surface area contributed by atoms with E-state index in [9.17, 15) is 5.11 Å². The molecule has 1 aromatic heterocycles. The van der Waals surface area contributed by atoms with Crippen molar-refractivity contribution in [2.45, 2.75) is 19.9 Å². The summed E-state index contributed by atoms with van der Waals surface area (Å²) >= 11 is 5.70. The van der Waals surface area contributed by atoms with Crippen molar-refractivity contribution in [3.63, 3.8) is 0 Å². The van der Waals surface area contributed by atoms with Gasteiger partial charge in [0.15, 0.2) is 0 Å². The summed E-state index contributed by atoms with van der Waals surface area (Å²) in [5, 5.41) is 19.6. The SMILES string of the molecule is Cc1ccc(-c2ssc(=S)c2-c2ccc(O)c(CN3CCN(CCCO)CC3)c2)cc1. The van der Waals surface area contributed by atoms with Crippen LogP contribution in [0.1, 0.15) is 17.5 Å². The number of aliphatic hydroxyl groups excluding tert-OH is 1. The van der Waals surface area contributed by atoms with Crippen LogP contribution in [0.2, 0.25) is 0 Å². The van der Waals surface area contributed by atoms with E-state index in [2.05, 4.69) is 47.1 Å². The van der Waals surface area contributed by atoms with Crippen LogP contribution in [0.3, 0.4) is 0 Å². The van der Waals surface area contributed by atoms with E-state index in [-0.39, 0.29) is 6.61 Å². The first-order chi connectivity index (χ1) is 15.0. The zero-order valence-electron chi connectivity index (χ0n) is 17.7. The van der Waals surface area contributed by atoms with Gasteiger partial charge in [-0.1, -0.05) is 68.8 Å². The molecule has 2 N–H and O–H groups in total. The lowest BCUT2D eigenvalue weighted by molar-refractivity contribution is 0.119. The average molecular weight is 473 g/mol. The fraction of sp³-hybridized carbons (Fsp3) is 0.375. The molecule has 0 radical (unpaired) electrons. The van der Waals surface area contributed by atoms with Crippen molar-refractivity contribution in [1.29, 1.82) is 0 Å². The third-order valence-electron chi connectivity index (χ3n) is 5.81. The van der Waals surface area contributed by atoms with E-state index in [1.807, 2.05) is 6.07 Å². The fourth-order valence-corrected chi connectivity index (χ4v) is 6.89. The molecule has 0 aliphatic carbocycles. The Labute approximate surface area is 196 Å². The topological polar surface area (TPSA) is 46.9 Å². The molecule has 164 valence electrons. The number of aromatic hydroxyl groups is 1. The summed E-state index contributed by atoms with van der Waals surface area (Å²) in [5.74, 6) is 0.341. The van der Waals surface area contributed by atoms with Gasteiger partial charge in [-0.25, -0.2) is 0 Å². The molecule has 2 aromatic carbocycles. The number of benzene rings is 2. The Bertz CT molecular complexity index is 1070. The summed E-state index contributed by atoms with van der Waals surface area (Å²) in [4.78, 5) is 5.98. The highest BCUT2D eigenvalue weighted by atomic mass is 32.9. The maximum absolute atomic E-state index is 10.5. The zero-order valence-corrected chi connectivity index (χ0v) is 20.2. The van der Waals surface area contributed by atoms with E-state index in [1.165, 1.54) is 16.0 Å². The molecule has 0 spiro atoms. The minimum atomic E-state index is 0.250. The molecule has 0 atom stereocenters. The second-order valence-electron chi connectivity index (χ2n) is 8.06. The first-order valence-electron chi connectivity index (χ1n) is 10.6. The highest BCUT2D eigenvalue weighted by Crippen LogP contribution is 2.42. The van der Waals surface area contributed by atoms with Crippen molar-refractivity contribution >= 4 is 32.9 Å². The molecule has 1 fully saturated rings. The van der Waals surface area contributed by atoms with Crippen molar-refractivity contribution < 1.29 is 10.2 Å². The lowest BCUT2D eigenvalue weighted by Gasteiger charge is -2.34. The van der Waals surface area contributed by atoms with Gasteiger partial charge in [0.2, 0.25) is 0 Å². The maximum Gasteiger partial charge on any atom is 0.120 e. The Kier molecular flexibility index (Phi) is 7.53. The van der Waals surface area contributed by atoms with E-state index >= 15 is 0 Å². The van der Waals surface area contributed by atoms with E-state index in [4.69, 9.17) is 17.3 Å². The molecular formula is C24H28N2O2S3. The van der Waals surface area contributed by atoms with Gasteiger partial charge in [-0.15, -0.1) is 0 Å². The van der Waals surface area contributed by atoms with Gasteiger partial charge >= 0.3 is 0 Å². The maximum atomic E-state index is 10.5. The van der Waals surface area contributed by atoms with E-state index in [1.54, 1.807) is 26.7 Å². The summed E-state index contributed by atoms with van der Waals surface area (Å²) in [6, 6.07) is 14.5. The quantitative estimate of drug-likeness (QED) is 0.357. The van der Waals surface area contributed by atoms with Gasteiger partial charge in [0.25, 0.3) is 0 Å². The van der Waals surface area contributed by atoms with Crippen LogP contribution in [0, 0.1) is 10.7 Å². The molecule has 1 aliphatic heterocycles. The van der Waals surface area contributed by atoms with Gasteiger partial charge in [0.05, 0.1) is 4.88 Å². The third kappa shape index (κ3) is 5.42. The van der Waals surface area contributed by atoms with Crippen LogP contribution in [0.15, 0.2) is 42.5 Å². The molecule has 0 saturated carbocycles. The van der Waals surface area contributed by atoms with Crippen molar-refractivity contribution in [2.24, 2.45) is 0 Å². The lowest BCUT2D eigenvalue weighted by Crippen LogP contribution is -2.46. The van der Waals surface area contributed by atoms with Crippen LogP contribution >= 0.6 is 32.9 Å². The molecule has 0 unspecified atom stereocenters. The summed E-state index contributed by atoms with van der Waals surface area (Å²) in [6.45, 7) is 7.97. The van der Waals surface area contributed by atoms with Gasteiger partial charge in [-0.05, 0) is 36.6 Å². The van der Waals surface area contributed by atoms with Crippen molar-refractivity contribution in [1.82, 2.24) is 9.80 Å². The van der Waals surface area contributed by atoms with E-state index in [0.717, 1.165) is 66.2 Å². The predicted molar refractivity (Wildman–Crippen MR) is 134 cm³/mol. The molecule has 0 bridgehead atoms. The lowest BCUT2D eigenvalue weighted by atomic mass is 10.0. The number of nitrogens with zero attached hydrogens (tertiary/aromatic N) is 2. The van der Waals surface area contributed by atoms with Crippen LogP contribution in [0.25, 0.3) is 21.6 Å². The molecule has 1 aliphatic rings. The van der Waals surface area contributed by atoms with Gasteiger partial charge in [-0.2, -0.15) is 0 Å². The zero-order chi connectivity index (χ0) is 21.8. The Hall–Kier alpha value is -1.61. The van der Waals surface area contributed by atoms with Crippen LogP contribution in [0.5, 0.6) is 5.75 Å². The highest BCUT2D eigenvalue weighted by Gasteiger charge is 2.19. The number of hydrogen-bond acceptors (Lipinski definition) is 7. The summed E-state index contributed by atoms with van der Waals surface area (Å²) in [6.07, 6.45) is 0.831. The monoisotopic (exact) mass is 472 g/mol. The third-order valence-corrected chi connectivity index (χ3v) is 8.87. The number of piperazine rings is 1. The van der Waals surface area contributed by atoms with E-state index in [0.29, 0.717) is 5.75 Å². The number of phenols is 1. The van der Waals surface area contributed by atoms with Crippen LogP contribution in [-0.4, -0.2) is 59.3 Å². The molecule has 2 heterocycles. The molecular weight excluding hydrogens is 444 g/mol. The van der Waals surface area contributed by atoms with Crippen LogP contribution in [0.4, 0.5) is 0 Å². The van der Waals surface area contributed by atoms with Crippen molar-refractivity contribution in [2.75, 3.05) is 39.3 Å². The fourth-order valence-electron chi connectivity index (χ4n) is 3.98. The largest absolute Gasteiger partial charge is 0.508 e. The first kappa shape index (κ1) is 22.6. The number of rotatable bonds is 7. The molecule has 31 heavy (non-hydrogen) atoms. The second kappa shape index (κ2) is 10.3. The Balaban J connectivity index is 1.55. The summed E-state index contributed by atoms with van der Waals surface area (Å²) in [5.41, 5.74) is 5.55. The molecule has 3 aromatic rings. The van der Waals surface area contributed by atoms with Gasteiger partial charge < -0.3 is 15.1 Å². The van der Waals surface area contributed by atoms with Gasteiger partial charge in [0.1, 0.15) is 9.57 Å². The number of aryl methyl sites for hydroxylation is 1. The standard InChI is InChI=1S/C24H28N2O2S3/c1-17-3-5-18(6-4-17)23-22(24(29)31-30-23)19-7-8-21(28)20(15-19)16-26-12-10-25(11-13-26)9-2-14-27/h3-8,15,27-28H,2,9-14,16H2,1H3. The average Bonchev–Trinajstić information content (AvgIpc) is 3.16. The van der Waals surface area contributed by atoms with Crippen LogP contribution in [-0.2, 0) is 6.54 Å². The van der Waals surface area contributed by atoms with Crippen molar-refractivity contribution in [3.8, 4) is 27.3 Å². The van der Waals surface area contributed by atoms with Crippen LogP contribution < -0.4 is 0 Å². The highest BCUT2D eigenvalue weighted by molar-refractivity contribution is 7.80. The molecule has 7 heteroatoms. The van der Waals surface area contributed by atoms with E-state index < -0.39 is 0 Å². The minimum Gasteiger partial charge on any atom is -0.508 e.